The molecule has 0 amide bonds. The second-order valence-electron chi connectivity index (χ2n) is 5.98. The number of nitro benzene ring substituents is 1. The predicted octanol–water partition coefficient (Wildman–Crippen LogP) is 4.33. The molecule has 0 atom stereocenters. The van der Waals surface area contributed by atoms with Crippen molar-refractivity contribution in [2.75, 3.05) is 13.1 Å². The van der Waals surface area contributed by atoms with Crippen molar-refractivity contribution >= 4 is 5.69 Å². The lowest BCUT2D eigenvalue weighted by atomic mass is 10.0. The third kappa shape index (κ3) is 7.81. The fraction of sp³-hybridized carbons (Fsp3) is 0.647. The number of nitrogens with one attached hydrogen (secondary N) is 1. The van der Waals surface area contributed by atoms with Crippen molar-refractivity contribution < 1.29 is 4.92 Å². The van der Waals surface area contributed by atoms with Gasteiger partial charge in [0.2, 0.25) is 0 Å². The molecule has 0 saturated carbocycles. The Morgan fingerprint density at radius 1 is 1.10 bits per heavy atom. The number of hydrogen-bond donors (Lipinski definition) is 1. The van der Waals surface area contributed by atoms with Gasteiger partial charge in [-0.15, -0.1) is 0 Å². The molecule has 0 unspecified atom stereocenters. The minimum Gasteiger partial charge on any atom is -0.316 e. The third-order valence-electron chi connectivity index (χ3n) is 3.64. The van der Waals surface area contributed by atoms with Crippen LogP contribution in [-0.2, 0) is 6.42 Å². The highest BCUT2D eigenvalue weighted by molar-refractivity contribution is 5.39. The summed E-state index contributed by atoms with van der Waals surface area (Å²) in [4.78, 5) is 10.6. The first kappa shape index (κ1) is 17.6. The molecule has 21 heavy (non-hydrogen) atoms. The zero-order valence-electron chi connectivity index (χ0n) is 13.3. The molecule has 1 aromatic carbocycles. The van der Waals surface area contributed by atoms with Crippen molar-refractivity contribution in [1.29, 1.82) is 0 Å². The zero-order chi connectivity index (χ0) is 15.5. The number of benzene rings is 1. The molecule has 1 rings (SSSR count). The van der Waals surface area contributed by atoms with Gasteiger partial charge in [0.05, 0.1) is 4.92 Å². The lowest BCUT2D eigenvalue weighted by Crippen LogP contribution is -2.18. The molecular weight excluding hydrogens is 264 g/mol. The van der Waals surface area contributed by atoms with Gasteiger partial charge in [-0.3, -0.25) is 10.1 Å². The molecule has 1 N–H and O–H groups in total. The summed E-state index contributed by atoms with van der Waals surface area (Å²) in [6.45, 7) is 6.34. The normalized spacial score (nSPS) is 11.0. The van der Waals surface area contributed by atoms with Gasteiger partial charge in [-0.25, -0.2) is 0 Å². The smallest absolute Gasteiger partial charge is 0.272 e. The Balaban J connectivity index is 2.08. The number of nitro groups is 1. The molecule has 4 nitrogen and oxygen atoms in total. The topological polar surface area (TPSA) is 55.2 Å². The highest BCUT2D eigenvalue weighted by Crippen LogP contribution is 2.17. The first-order chi connectivity index (χ1) is 10.1. The number of unbranched alkanes of at least 4 members (excludes halogenated alkanes) is 3. The maximum Gasteiger partial charge on any atom is 0.272 e. The second kappa shape index (κ2) is 10.3. The van der Waals surface area contributed by atoms with Crippen molar-refractivity contribution in [3.63, 3.8) is 0 Å². The molecule has 0 spiro atoms. The van der Waals surface area contributed by atoms with Crippen molar-refractivity contribution in [1.82, 2.24) is 5.32 Å². The fourth-order valence-corrected chi connectivity index (χ4v) is 2.40. The Labute approximate surface area is 128 Å². The molecule has 0 aromatic heterocycles. The van der Waals surface area contributed by atoms with E-state index in [0.29, 0.717) is 6.42 Å². The van der Waals surface area contributed by atoms with Crippen LogP contribution in [0.5, 0.6) is 0 Å². The standard InChI is InChI=1S/C17H28N2O2/c1-15(2)9-5-3-4-8-13-18-14-12-16-10-6-7-11-17(16)19(20)21/h6-7,10-11,15,18H,3-5,8-9,12-14H2,1-2H3. The highest BCUT2D eigenvalue weighted by Gasteiger charge is 2.10. The van der Waals surface area contributed by atoms with Gasteiger partial charge in [0, 0.05) is 11.6 Å². The summed E-state index contributed by atoms with van der Waals surface area (Å²) >= 11 is 0. The van der Waals surface area contributed by atoms with Crippen LogP contribution in [0.25, 0.3) is 0 Å². The van der Waals surface area contributed by atoms with Crippen LogP contribution in [0.2, 0.25) is 0 Å². The van der Waals surface area contributed by atoms with Crippen LogP contribution >= 0.6 is 0 Å². The lowest BCUT2D eigenvalue weighted by Gasteiger charge is -2.06. The number of hydrogen-bond acceptors (Lipinski definition) is 3. The zero-order valence-corrected chi connectivity index (χ0v) is 13.3. The predicted molar refractivity (Wildman–Crippen MR) is 87.6 cm³/mol. The van der Waals surface area contributed by atoms with Gasteiger partial charge >= 0.3 is 0 Å². The van der Waals surface area contributed by atoms with E-state index in [9.17, 15) is 10.1 Å². The minimum atomic E-state index is -0.302. The van der Waals surface area contributed by atoms with Crippen molar-refractivity contribution in [3.8, 4) is 0 Å². The van der Waals surface area contributed by atoms with Gasteiger partial charge in [-0.1, -0.05) is 57.7 Å². The molecule has 0 aliphatic heterocycles. The largest absolute Gasteiger partial charge is 0.316 e. The SMILES string of the molecule is CC(C)CCCCCCNCCc1ccccc1[N+](=O)[O-]. The molecule has 0 bridgehead atoms. The third-order valence-corrected chi connectivity index (χ3v) is 3.64. The van der Waals surface area contributed by atoms with E-state index >= 15 is 0 Å². The summed E-state index contributed by atoms with van der Waals surface area (Å²) in [7, 11) is 0. The van der Waals surface area contributed by atoms with Crippen molar-refractivity contribution in [3.05, 3.63) is 39.9 Å². The monoisotopic (exact) mass is 292 g/mol. The summed E-state index contributed by atoms with van der Waals surface area (Å²) in [5, 5.41) is 14.3. The van der Waals surface area contributed by atoms with Gasteiger partial charge in [0.25, 0.3) is 5.69 Å². The Morgan fingerprint density at radius 3 is 2.52 bits per heavy atom. The maximum atomic E-state index is 10.9. The number of nitrogens with zero attached hydrogens (tertiary/aromatic N) is 1. The molecule has 0 aliphatic carbocycles. The van der Waals surface area contributed by atoms with Gasteiger partial charge in [0.15, 0.2) is 0 Å². The van der Waals surface area contributed by atoms with Crippen LogP contribution in [0.3, 0.4) is 0 Å². The van der Waals surface area contributed by atoms with E-state index in [-0.39, 0.29) is 10.6 Å². The van der Waals surface area contributed by atoms with Crippen LogP contribution in [0.15, 0.2) is 24.3 Å². The van der Waals surface area contributed by atoms with E-state index in [2.05, 4.69) is 19.2 Å². The second-order valence-corrected chi connectivity index (χ2v) is 5.98. The highest BCUT2D eigenvalue weighted by atomic mass is 16.6. The Bertz CT molecular complexity index is 419. The van der Waals surface area contributed by atoms with Crippen molar-refractivity contribution in [2.45, 2.75) is 52.4 Å². The summed E-state index contributed by atoms with van der Waals surface area (Å²) in [6.07, 6.45) is 7.13. The van der Waals surface area contributed by atoms with Gasteiger partial charge in [-0.05, 0) is 31.8 Å². The molecule has 0 heterocycles. The van der Waals surface area contributed by atoms with E-state index in [4.69, 9.17) is 0 Å². The lowest BCUT2D eigenvalue weighted by molar-refractivity contribution is -0.385. The van der Waals surface area contributed by atoms with E-state index in [1.807, 2.05) is 12.1 Å². The minimum absolute atomic E-state index is 0.230. The van der Waals surface area contributed by atoms with E-state index in [0.717, 1.165) is 24.6 Å². The van der Waals surface area contributed by atoms with Crippen molar-refractivity contribution in [2.24, 2.45) is 5.92 Å². The van der Waals surface area contributed by atoms with Crippen LogP contribution in [0.1, 0.15) is 51.5 Å². The van der Waals surface area contributed by atoms with Gasteiger partial charge in [0.1, 0.15) is 0 Å². The van der Waals surface area contributed by atoms with Crippen LogP contribution in [0, 0.1) is 16.0 Å². The first-order valence-corrected chi connectivity index (χ1v) is 8.04. The molecule has 4 heteroatoms. The fourth-order valence-electron chi connectivity index (χ4n) is 2.40. The summed E-state index contributed by atoms with van der Waals surface area (Å²) in [6, 6.07) is 6.99. The molecule has 0 saturated heterocycles. The van der Waals surface area contributed by atoms with Gasteiger partial charge < -0.3 is 5.32 Å². The average Bonchev–Trinajstić information content (AvgIpc) is 2.45. The first-order valence-electron chi connectivity index (χ1n) is 8.04. The van der Waals surface area contributed by atoms with Gasteiger partial charge in [-0.2, -0.15) is 0 Å². The Hall–Kier alpha value is -1.42. The summed E-state index contributed by atoms with van der Waals surface area (Å²) in [5.41, 5.74) is 1.04. The maximum absolute atomic E-state index is 10.9. The van der Waals surface area contributed by atoms with Crippen LogP contribution in [-0.4, -0.2) is 18.0 Å². The molecule has 1 aromatic rings. The summed E-state index contributed by atoms with van der Waals surface area (Å²) < 4.78 is 0. The Kier molecular flexibility index (Phi) is 8.67. The van der Waals surface area contributed by atoms with Crippen LogP contribution in [0.4, 0.5) is 5.69 Å². The molecule has 0 fully saturated rings. The molecular formula is C17H28N2O2. The number of rotatable bonds is 11. The number of para-hydroxylation sites is 1. The Morgan fingerprint density at radius 2 is 1.81 bits per heavy atom. The van der Waals surface area contributed by atoms with E-state index < -0.39 is 0 Å². The van der Waals surface area contributed by atoms with E-state index in [1.54, 1.807) is 12.1 Å². The average molecular weight is 292 g/mol. The summed E-state index contributed by atoms with van der Waals surface area (Å²) in [5.74, 6) is 0.810. The molecule has 118 valence electrons. The molecule has 0 radical (unpaired) electrons. The van der Waals surface area contributed by atoms with E-state index in [1.165, 1.54) is 32.1 Å². The quantitative estimate of drug-likeness (QED) is 0.375. The van der Waals surface area contributed by atoms with Crippen LogP contribution < -0.4 is 5.32 Å². The molecule has 0 aliphatic rings.